The molecule has 5 nitrogen and oxygen atoms in total. The van der Waals surface area contributed by atoms with Crippen LogP contribution >= 0.6 is 11.6 Å². The van der Waals surface area contributed by atoms with Gasteiger partial charge in [-0.25, -0.2) is 4.99 Å². The molecule has 0 atom stereocenters. The number of hydrogen-bond acceptors (Lipinski definition) is 5. The first-order chi connectivity index (χ1) is 11.0. The van der Waals surface area contributed by atoms with Crippen LogP contribution in [0.25, 0.3) is 0 Å². The minimum Gasteiger partial charge on any atom is -0.508 e. The Morgan fingerprint density at radius 3 is 2.74 bits per heavy atom. The number of aromatic hydroxyl groups is 1. The van der Waals surface area contributed by atoms with Crippen molar-refractivity contribution in [1.82, 2.24) is 0 Å². The van der Waals surface area contributed by atoms with E-state index in [2.05, 4.69) is 11.9 Å². The molecule has 0 bridgehead atoms. The van der Waals surface area contributed by atoms with Gasteiger partial charge in [0.05, 0.1) is 34.5 Å². The molecule has 2 rings (SSSR count). The Hall–Kier alpha value is -2.14. The summed E-state index contributed by atoms with van der Waals surface area (Å²) in [5.74, 6) is 0.528. The van der Waals surface area contributed by atoms with Gasteiger partial charge in [0.2, 0.25) is 0 Å². The Kier molecular flexibility index (Phi) is 5.93. The first-order valence-corrected chi connectivity index (χ1v) is 7.96. The lowest BCUT2D eigenvalue weighted by Gasteiger charge is -2.17. The lowest BCUT2D eigenvalue weighted by molar-refractivity contribution is 0.223. The second-order valence-electron chi connectivity index (χ2n) is 5.33. The number of benzene rings is 1. The highest BCUT2D eigenvalue weighted by Crippen LogP contribution is 2.29. The highest BCUT2D eigenvalue weighted by molar-refractivity contribution is 6.51. The minimum absolute atomic E-state index is 0.0648. The van der Waals surface area contributed by atoms with E-state index in [1.807, 2.05) is 0 Å². The highest BCUT2D eigenvalue weighted by Gasteiger charge is 2.20. The van der Waals surface area contributed by atoms with Gasteiger partial charge in [0, 0.05) is 18.6 Å². The summed E-state index contributed by atoms with van der Waals surface area (Å²) in [4.78, 5) is 4.36. The second kappa shape index (κ2) is 7.92. The molecule has 0 saturated heterocycles. The zero-order valence-corrected chi connectivity index (χ0v) is 13.8. The van der Waals surface area contributed by atoms with Gasteiger partial charge in [-0.3, -0.25) is 0 Å². The molecule has 0 spiro atoms. The van der Waals surface area contributed by atoms with Gasteiger partial charge >= 0.3 is 0 Å². The maximum atomic E-state index is 9.38. The van der Waals surface area contributed by atoms with Gasteiger partial charge in [0.15, 0.2) is 0 Å². The first kappa shape index (κ1) is 17.2. The Labute approximate surface area is 140 Å². The lowest BCUT2D eigenvalue weighted by atomic mass is 9.99. The number of unbranched alkanes of at least 4 members (excludes halogenated alkanes) is 2. The molecule has 0 radical (unpaired) electrons. The third-order valence-electron chi connectivity index (χ3n) is 3.41. The number of aliphatic imine (C=N–C) groups is 1. The van der Waals surface area contributed by atoms with E-state index < -0.39 is 0 Å². The SMILES string of the molecule is CCCCCOC1=CC(=Nc2ccc(O)cc2Cl)C(=N)CC1=N. The number of hydrogen-bond donors (Lipinski definition) is 3. The number of allylic oxidation sites excluding steroid dienone is 2. The van der Waals surface area contributed by atoms with Crippen LogP contribution in [0.1, 0.15) is 32.6 Å². The van der Waals surface area contributed by atoms with Gasteiger partial charge in [-0.15, -0.1) is 0 Å². The van der Waals surface area contributed by atoms with Gasteiger partial charge in [-0.2, -0.15) is 0 Å². The summed E-state index contributed by atoms with van der Waals surface area (Å²) in [6.45, 7) is 2.68. The number of nitrogens with zero attached hydrogens (tertiary/aromatic N) is 1. The number of nitrogens with one attached hydrogen (secondary N) is 2. The van der Waals surface area contributed by atoms with Crippen LogP contribution < -0.4 is 0 Å². The van der Waals surface area contributed by atoms with Crippen LogP contribution in [0.5, 0.6) is 5.75 Å². The van der Waals surface area contributed by atoms with Gasteiger partial charge in [-0.1, -0.05) is 31.4 Å². The molecule has 6 heteroatoms. The fourth-order valence-corrected chi connectivity index (χ4v) is 2.35. The monoisotopic (exact) mass is 333 g/mol. The summed E-state index contributed by atoms with van der Waals surface area (Å²) in [7, 11) is 0. The topological polar surface area (TPSA) is 89.5 Å². The standard InChI is InChI=1S/C17H20ClN3O2/c1-2-3-4-7-23-17-10-16(13(19)9-14(17)20)21-15-6-5-11(22)8-12(15)18/h5-6,8,10,19-20,22H,2-4,7,9H2,1H3. The van der Waals surface area contributed by atoms with Crippen LogP contribution in [0.3, 0.4) is 0 Å². The molecule has 0 unspecified atom stereocenters. The Morgan fingerprint density at radius 2 is 2.04 bits per heavy atom. The second-order valence-corrected chi connectivity index (χ2v) is 5.74. The molecule has 0 aliphatic heterocycles. The summed E-state index contributed by atoms with van der Waals surface area (Å²) < 4.78 is 5.65. The average Bonchev–Trinajstić information content (AvgIpc) is 2.50. The molecule has 122 valence electrons. The number of halogens is 1. The van der Waals surface area contributed by atoms with E-state index in [1.54, 1.807) is 12.1 Å². The van der Waals surface area contributed by atoms with Gasteiger partial charge in [0.25, 0.3) is 0 Å². The van der Waals surface area contributed by atoms with Crippen molar-refractivity contribution < 1.29 is 9.84 Å². The molecule has 1 aromatic carbocycles. The van der Waals surface area contributed by atoms with Crippen molar-refractivity contribution in [2.45, 2.75) is 32.6 Å². The molecule has 0 fully saturated rings. The van der Waals surface area contributed by atoms with Crippen LogP contribution in [0, 0.1) is 10.8 Å². The molecule has 3 N–H and O–H groups in total. The summed E-state index contributed by atoms with van der Waals surface area (Å²) in [6.07, 6.45) is 4.93. The number of phenolic OH excluding ortho intramolecular Hbond substituents is 1. The Balaban J connectivity index is 2.21. The first-order valence-electron chi connectivity index (χ1n) is 7.58. The largest absolute Gasteiger partial charge is 0.508 e. The van der Waals surface area contributed by atoms with Crippen molar-refractivity contribution >= 4 is 34.4 Å². The van der Waals surface area contributed by atoms with Gasteiger partial charge < -0.3 is 20.7 Å². The van der Waals surface area contributed by atoms with Gasteiger partial charge in [0.1, 0.15) is 11.5 Å². The third kappa shape index (κ3) is 4.66. The van der Waals surface area contributed by atoms with E-state index >= 15 is 0 Å². The van der Waals surface area contributed by atoms with Crippen LogP contribution in [0.2, 0.25) is 5.02 Å². The van der Waals surface area contributed by atoms with Gasteiger partial charge in [-0.05, 0) is 18.6 Å². The van der Waals surface area contributed by atoms with Crippen LogP contribution in [-0.4, -0.2) is 28.8 Å². The normalized spacial score (nSPS) is 16.6. The van der Waals surface area contributed by atoms with E-state index in [1.165, 1.54) is 12.1 Å². The van der Waals surface area contributed by atoms with Crippen molar-refractivity contribution in [3.8, 4) is 5.75 Å². The smallest absolute Gasteiger partial charge is 0.142 e. The molecule has 1 aliphatic carbocycles. The minimum atomic E-state index is 0.0648. The molecular formula is C17H20ClN3O2. The predicted octanol–water partition coefficient (Wildman–Crippen LogP) is 4.65. The molecule has 0 saturated carbocycles. The van der Waals surface area contributed by atoms with Crippen molar-refractivity contribution in [2.75, 3.05) is 6.61 Å². The zero-order valence-electron chi connectivity index (χ0n) is 13.0. The predicted molar refractivity (Wildman–Crippen MR) is 93.8 cm³/mol. The van der Waals surface area contributed by atoms with E-state index in [4.69, 9.17) is 27.2 Å². The fraction of sp³-hybridized carbons (Fsp3) is 0.353. The van der Waals surface area contributed by atoms with Crippen molar-refractivity contribution in [1.29, 1.82) is 10.8 Å². The number of phenols is 1. The molecule has 1 aromatic rings. The molecule has 0 amide bonds. The maximum absolute atomic E-state index is 9.38. The maximum Gasteiger partial charge on any atom is 0.142 e. The van der Waals surface area contributed by atoms with Crippen LogP contribution in [-0.2, 0) is 4.74 Å². The van der Waals surface area contributed by atoms with E-state index in [0.29, 0.717) is 34.5 Å². The Morgan fingerprint density at radius 1 is 1.26 bits per heavy atom. The number of ether oxygens (including phenoxy) is 1. The molecule has 0 heterocycles. The number of rotatable bonds is 6. The molecule has 0 aromatic heterocycles. The van der Waals surface area contributed by atoms with E-state index in [-0.39, 0.29) is 17.9 Å². The van der Waals surface area contributed by atoms with E-state index in [0.717, 1.165) is 19.3 Å². The Bertz CT molecular complexity index is 680. The molecule has 23 heavy (non-hydrogen) atoms. The summed E-state index contributed by atoms with van der Waals surface area (Å²) in [5, 5.41) is 25.6. The quantitative estimate of drug-likeness (QED) is 0.661. The summed E-state index contributed by atoms with van der Waals surface area (Å²) in [6, 6.07) is 4.49. The molecular weight excluding hydrogens is 314 g/mol. The highest BCUT2D eigenvalue weighted by atomic mass is 35.5. The van der Waals surface area contributed by atoms with Crippen molar-refractivity contribution in [3.63, 3.8) is 0 Å². The summed E-state index contributed by atoms with van der Waals surface area (Å²) >= 11 is 6.05. The average molecular weight is 334 g/mol. The third-order valence-corrected chi connectivity index (χ3v) is 3.71. The van der Waals surface area contributed by atoms with Crippen molar-refractivity contribution in [2.24, 2.45) is 4.99 Å². The molecule has 1 aliphatic rings. The lowest BCUT2D eigenvalue weighted by Crippen LogP contribution is -2.24. The summed E-state index contributed by atoms with van der Waals surface area (Å²) in [5.41, 5.74) is 1.45. The van der Waals surface area contributed by atoms with Crippen molar-refractivity contribution in [3.05, 3.63) is 35.1 Å². The zero-order chi connectivity index (χ0) is 16.8. The van der Waals surface area contributed by atoms with Crippen LogP contribution in [0.15, 0.2) is 35.0 Å². The van der Waals surface area contributed by atoms with Crippen LogP contribution in [0.4, 0.5) is 5.69 Å². The van der Waals surface area contributed by atoms with E-state index in [9.17, 15) is 5.11 Å². The fourth-order valence-electron chi connectivity index (χ4n) is 2.13.